The zero-order valence-electron chi connectivity index (χ0n) is 14.3. The molecule has 24 heavy (non-hydrogen) atoms. The fourth-order valence-corrected chi connectivity index (χ4v) is 2.08. The Morgan fingerprint density at radius 3 is 2.58 bits per heavy atom. The lowest BCUT2D eigenvalue weighted by Gasteiger charge is -2.11. The maximum atomic E-state index is 12.2. The predicted molar refractivity (Wildman–Crippen MR) is 91.5 cm³/mol. The highest BCUT2D eigenvalue weighted by Crippen LogP contribution is 2.27. The Balaban J connectivity index is 2.03. The summed E-state index contributed by atoms with van der Waals surface area (Å²) in [6.07, 6.45) is 1.56. The highest BCUT2D eigenvalue weighted by atomic mass is 16.5. The summed E-state index contributed by atoms with van der Waals surface area (Å²) in [4.78, 5) is 20.5. The van der Waals surface area contributed by atoms with Crippen molar-refractivity contribution in [3.05, 3.63) is 41.7 Å². The van der Waals surface area contributed by atoms with Crippen LogP contribution in [0.15, 0.2) is 30.5 Å². The van der Waals surface area contributed by atoms with Crippen molar-refractivity contribution in [1.29, 1.82) is 0 Å². The predicted octanol–water partition coefficient (Wildman–Crippen LogP) is 2.24. The molecule has 1 amide bonds. The zero-order chi connectivity index (χ0) is 17.5. The topological polar surface area (TPSA) is 85.4 Å². The smallest absolute Gasteiger partial charge is 0.270 e. The second kappa shape index (κ2) is 8.14. The molecule has 0 unspecified atom stereocenters. The van der Waals surface area contributed by atoms with Crippen molar-refractivity contribution in [2.75, 3.05) is 19.5 Å². The molecule has 0 radical (unpaired) electrons. The number of carbonyl (C=O) groups is 1. The number of ether oxygens (including phenoxy) is 2. The van der Waals surface area contributed by atoms with Crippen molar-refractivity contribution in [3.63, 3.8) is 0 Å². The van der Waals surface area contributed by atoms with Gasteiger partial charge in [-0.05, 0) is 37.6 Å². The average Bonchev–Trinajstić information content (AvgIpc) is 2.59. The van der Waals surface area contributed by atoms with E-state index in [1.165, 1.54) is 0 Å². The summed E-state index contributed by atoms with van der Waals surface area (Å²) in [5.41, 5.74) is 1.21. The quantitative estimate of drug-likeness (QED) is 0.810. The van der Waals surface area contributed by atoms with Crippen LogP contribution in [0.2, 0.25) is 0 Å². The lowest BCUT2D eigenvalue weighted by atomic mass is 10.2. The third-order valence-corrected chi connectivity index (χ3v) is 3.21. The number of benzene rings is 1. The van der Waals surface area contributed by atoms with Crippen LogP contribution in [0, 0.1) is 0 Å². The average molecular weight is 330 g/mol. The lowest BCUT2D eigenvalue weighted by Crippen LogP contribution is -2.24. The molecule has 0 atom stereocenters. The summed E-state index contributed by atoms with van der Waals surface area (Å²) in [5.74, 6) is 1.44. The van der Waals surface area contributed by atoms with Crippen LogP contribution in [0.1, 0.15) is 29.9 Å². The number of anilines is 1. The van der Waals surface area contributed by atoms with Crippen LogP contribution >= 0.6 is 0 Å². The molecule has 128 valence electrons. The van der Waals surface area contributed by atoms with Gasteiger partial charge in [0.15, 0.2) is 11.5 Å². The molecule has 0 spiro atoms. The van der Waals surface area contributed by atoms with Crippen LogP contribution in [0.3, 0.4) is 0 Å². The molecular formula is C17H22N4O3. The van der Waals surface area contributed by atoms with Crippen LogP contribution < -0.4 is 20.1 Å². The van der Waals surface area contributed by atoms with Gasteiger partial charge in [0.25, 0.3) is 5.91 Å². The van der Waals surface area contributed by atoms with Crippen LogP contribution in [-0.4, -0.2) is 36.1 Å². The number of hydrogen-bond acceptors (Lipinski definition) is 6. The number of carbonyl (C=O) groups excluding carboxylic acids is 1. The molecule has 7 heteroatoms. The van der Waals surface area contributed by atoms with E-state index in [4.69, 9.17) is 9.47 Å². The van der Waals surface area contributed by atoms with Gasteiger partial charge in [0, 0.05) is 18.8 Å². The third kappa shape index (κ3) is 4.58. The Kier molecular flexibility index (Phi) is 5.95. The second-order valence-corrected chi connectivity index (χ2v) is 5.44. The van der Waals surface area contributed by atoms with Gasteiger partial charge >= 0.3 is 0 Å². The number of amides is 1. The van der Waals surface area contributed by atoms with E-state index >= 15 is 0 Å². The van der Waals surface area contributed by atoms with Crippen molar-refractivity contribution < 1.29 is 14.3 Å². The number of nitrogens with one attached hydrogen (secondary N) is 2. The molecule has 0 saturated heterocycles. The summed E-state index contributed by atoms with van der Waals surface area (Å²) < 4.78 is 10.4. The normalized spacial score (nSPS) is 10.4. The minimum Gasteiger partial charge on any atom is -0.493 e. The molecule has 1 aromatic carbocycles. The first kappa shape index (κ1) is 17.5. The van der Waals surface area contributed by atoms with Gasteiger partial charge in [-0.2, -0.15) is 0 Å². The molecule has 0 aliphatic heterocycles. The third-order valence-electron chi connectivity index (χ3n) is 3.21. The van der Waals surface area contributed by atoms with Gasteiger partial charge in [-0.15, -0.1) is 0 Å². The molecule has 1 aromatic heterocycles. The number of methoxy groups -OCH3 is 2. The highest BCUT2D eigenvalue weighted by molar-refractivity contribution is 5.92. The van der Waals surface area contributed by atoms with Crippen molar-refractivity contribution in [2.45, 2.75) is 26.4 Å². The maximum Gasteiger partial charge on any atom is 0.270 e. The molecule has 1 heterocycles. The Morgan fingerprint density at radius 1 is 1.17 bits per heavy atom. The van der Waals surface area contributed by atoms with Crippen molar-refractivity contribution >= 4 is 11.9 Å². The van der Waals surface area contributed by atoms with Crippen LogP contribution in [0.4, 0.5) is 5.95 Å². The zero-order valence-corrected chi connectivity index (χ0v) is 14.3. The molecular weight excluding hydrogens is 308 g/mol. The van der Waals surface area contributed by atoms with Crippen LogP contribution in [0.25, 0.3) is 0 Å². The van der Waals surface area contributed by atoms with Gasteiger partial charge in [-0.25, -0.2) is 9.97 Å². The summed E-state index contributed by atoms with van der Waals surface area (Å²) >= 11 is 0. The van der Waals surface area contributed by atoms with E-state index in [2.05, 4.69) is 20.6 Å². The Morgan fingerprint density at radius 2 is 1.92 bits per heavy atom. The molecule has 0 saturated carbocycles. The van der Waals surface area contributed by atoms with Gasteiger partial charge in [-0.3, -0.25) is 4.79 Å². The summed E-state index contributed by atoms with van der Waals surface area (Å²) in [6.45, 7) is 4.32. The summed E-state index contributed by atoms with van der Waals surface area (Å²) in [5, 5.41) is 5.90. The van der Waals surface area contributed by atoms with E-state index in [0.29, 0.717) is 29.7 Å². The first-order valence-electron chi connectivity index (χ1n) is 7.62. The molecule has 0 fully saturated rings. The highest BCUT2D eigenvalue weighted by Gasteiger charge is 2.10. The first-order valence-corrected chi connectivity index (χ1v) is 7.62. The standard InChI is InChI=1S/C17H22N4O3/c1-11(2)20-17-18-8-7-13(21-17)16(22)19-10-12-5-6-14(23-3)15(9-12)24-4/h5-9,11H,10H2,1-4H3,(H,19,22)(H,18,20,21). The van der Waals surface area contributed by atoms with E-state index in [1.54, 1.807) is 32.5 Å². The Bertz CT molecular complexity index is 704. The van der Waals surface area contributed by atoms with Gasteiger partial charge in [-0.1, -0.05) is 6.07 Å². The second-order valence-electron chi connectivity index (χ2n) is 5.44. The van der Waals surface area contributed by atoms with Crippen LogP contribution in [0.5, 0.6) is 11.5 Å². The molecule has 0 aliphatic rings. The minimum atomic E-state index is -0.265. The maximum absolute atomic E-state index is 12.2. The number of hydrogen-bond donors (Lipinski definition) is 2. The summed E-state index contributed by atoms with van der Waals surface area (Å²) in [6, 6.07) is 7.26. The fourth-order valence-electron chi connectivity index (χ4n) is 2.08. The van der Waals surface area contributed by atoms with Gasteiger partial charge < -0.3 is 20.1 Å². The van der Waals surface area contributed by atoms with Gasteiger partial charge in [0.2, 0.25) is 5.95 Å². The van der Waals surface area contributed by atoms with Crippen molar-refractivity contribution in [3.8, 4) is 11.5 Å². The lowest BCUT2D eigenvalue weighted by molar-refractivity contribution is 0.0946. The largest absolute Gasteiger partial charge is 0.493 e. The SMILES string of the molecule is COc1ccc(CNC(=O)c2ccnc(NC(C)C)n2)cc1OC. The van der Waals surface area contributed by atoms with Crippen LogP contribution in [-0.2, 0) is 6.54 Å². The summed E-state index contributed by atoms with van der Waals surface area (Å²) in [7, 11) is 3.15. The molecule has 2 N–H and O–H groups in total. The van der Waals surface area contributed by atoms with Crippen molar-refractivity contribution in [2.24, 2.45) is 0 Å². The monoisotopic (exact) mass is 330 g/mol. The van der Waals surface area contributed by atoms with E-state index in [1.807, 2.05) is 26.0 Å². The molecule has 7 nitrogen and oxygen atoms in total. The number of nitrogens with zero attached hydrogens (tertiary/aromatic N) is 2. The Hall–Kier alpha value is -2.83. The molecule has 2 aromatic rings. The Labute approximate surface area is 141 Å². The molecule has 0 bridgehead atoms. The minimum absolute atomic E-state index is 0.190. The van der Waals surface area contributed by atoms with E-state index in [-0.39, 0.29) is 11.9 Å². The molecule has 2 rings (SSSR count). The fraction of sp³-hybridized carbons (Fsp3) is 0.353. The van der Waals surface area contributed by atoms with Crippen molar-refractivity contribution in [1.82, 2.24) is 15.3 Å². The van der Waals surface area contributed by atoms with E-state index < -0.39 is 0 Å². The first-order chi connectivity index (χ1) is 11.5. The van der Waals surface area contributed by atoms with Gasteiger partial charge in [0.05, 0.1) is 14.2 Å². The van der Waals surface area contributed by atoms with Gasteiger partial charge in [0.1, 0.15) is 5.69 Å². The number of rotatable bonds is 7. The molecule has 0 aliphatic carbocycles. The van der Waals surface area contributed by atoms with E-state index in [0.717, 1.165) is 5.56 Å². The number of aromatic nitrogens is 2. The van der Waals surface area contributed by atoms with E-state index in [9.17, 15) is 4.79 Å².